The molecule has 1 atom stereocenters. The Hall–Kier alpha value is -2.21. The van der Waals surface area contributed by atoms with Crippen LogP contribution in [0, 0.1) is 19.7 Å². The van der Waals surface area contributed by atoms with Crippen LogP contribution < -0.4 is 5.73 Å². The minimum absolute atomic E-state index is 0.246. The van der Waals surface area contributed by atoms with Crippen molar-refractivity contribution in [2.24, 2.45) is 5.73 Å². The number of nitrogens with zero attached hydrogens (tertiary/aromatic N) is 3. The average molecular weight is 302 g/mol. The number of amides is 1. The first-order valence-corrected chi connectivity index (χ1v) is 7.27. The molecule has 0 saturated carbocycles. The van der Waals surface area contributed by atoms with E-state index in [0.29, 0.717) is 13.1 Å². The number of hydrogen-bond donors (Lipinski definition) is 1. The number of aryl methyl sites for hydroxylation is 2. The number of aromatic nitrogens is 2. The fraction of sp³-hybridized carbons (Fsp3) is 0.375. The molecule has 1 aromatic heterocycles. The van der Waals surface area contributed by atoms with E-state index in [1.54, 1.807) is 12.1 Å². The van der Waals surface area contributed by atoms with Gasteiger partial charge in [0.15, 0.2) is 0 Å². The van der Waals surface area contributed by atoms with Crippen LogP contribution in [0.2, 0.25) is 0 Å². The summed E-state index contributed by atoms with van der Waals surface area (Å²) in [6.45, 7) is 5.39. The van der Waals surface area contributed by atoms with Crippen LogP contribution in [0.5, 0.6) is 0 Å². The van der Waals surface area contributed by atoms with Gasteiger partial charge in [0.05, 0.1) is 11.7 Å². The van der Waals surface area contributed by atoms with Crippen LogP contribution in [0.4, 0.5) is 4.39 Å². The molecule has 1 aromatic carbocycles. The van der Waals surface area contributed by atoms with Crippen molar-refractivity contribution >= 4 is 5.91 Å². The number of primary amides is 1. The van der Waals surface area contributed by atoms with Crippen molar-refractivity contribution in [1.82, 2.24) is 14.7 Å². The predicted molar refractivity (Wildman–Crippen MR) is 80.6 cm³/mol. The van der Waals surface area contributed by atoms with E-state index in [1.165, 1.54) is 12.1 Å². The molecule has 6 heteroatoms. The fourth-order valence-electron chi connectivity index (χ4n) is 3.07. The molecule has 1 aliphatic heterocycles. The molecule has 3 rings (SSSR count). The number of carbonyl (C=O) groups is 1. The summed E-state index contributed by atoms with van der Waals surface area (Å²) in [7, 11) is 0. The maximum absolute atomic E-state index is 13.0. The molecule has 0 aliphatic carbocycles. The molecule has 2 N–H and O–H groups in total. The molecule has 22 heavy (non-hydrogen) atoms. The van der Waals surface area contributed by atoms with Gasteiger partial charge in [-0.25, -0.2) is 4.39 Å². The Kier molecular flexibility index (Phi) is 3.70. The van der Waals surface area contributed by atoms with Gasteiger partial charge in [0.1, 0.15) is 11.9 Å². The Morgan fingerprint density at radius 1 is 1.32 bits per heavy atom. The number of nitrogens with two attached hydrogens (primary N) is 1. The average Bonchev–Trinajstić information content (AvgIpc) is 2.73. The summed E-state index contributed by atoms with van der Waals surface area (Å²) in [5.74, 6) is -0.741. The molecule has 0 radical (unpaired) electrons. The summed E-state index contributed by atoms with van der Waals surface area (Å²) < 4.78 is 15.0. The van der Waals surface area contributed by atoms with Crippen LogP contribution in [0.25, 0.3) is 0 Å². The van der Waals surface area contributed by atoms with Gasteiger partial charge in [0, 0.05) is 18.8 Å². The zero-order valence-corrected chi connectivity index (χ0v) is 12.7. The highest BCUT2D eigenvalue weighted by Gasteiger charge is 2.37. The fourth-order valence-corrected chi connectivity index (χ4v) is 3.07. The molecule has 1 unspecified atom stereocenters. The van der Waals surface area contributed by atoms with Gasteiger partial charge in [-0.1, -0.05) is 12.1 Å². The molecule has 0 bridgehead atoms. The highest BCUT2D eigenvalue weighted by molar-refractivity contribution is 5.81. The van der Waals surface area contributed by atoms with Crippen LogP contribution in [0.1, 0.15) is 29.0 Å². The second kappa shape index (κ2) is 5.53. The molecule has 2 aromatic rings. The van der Waals surface area contributed by atoms with Crippen molar-refractivity contribution in [2.75, 3.05) is 13.1 Å². The molecule has 1 fully saturated rings. The van der Waals surface area contributed by atoms with E-state index in [-0.39, 0.29) is 11.9 Å². The first kappa shape index (κ1) is 14.7. The van der Waals surface area contributed by atoms with E-state index >= 15 is 0 Å². The van der Waals surface area contributed by atoms with Crippen molar-refractivity contribution in [3.8, 4) is 0 Å². The minimum atomic E-state index is -0.520. The number of benzene rings is 1. The van der Waals surface area contributed by atoms with E-state index in [2.05, 4.69) is 5.10 Å². The summed E-state index contributed by atoms with van der Waals surface area (Å²) in [5, 5.41) is 4.48. The number of hydrogen-bond acceptors (Lipinski definition) is 3. The molecule has 1 aliphatic rings. The van der Waals surface area contributed by atoms with Crippen LogP contribution in [-0.4, -0.2) is 33.7 Å². The SMILES string of the molecule is Cc1cc(C)n(C2CN(C(C(N)=O)c3ccc(F)cc3)C2)n1. The third-order valence-electron chi connectivity index (χ3n) is 4.10. The molecule has 1 amide bonds. The lowest BCUT2D eigenvalue weighted by atomic mass is 9.98. The van der Waals surface area contributed by atoms with E-state index in [1.807, 2.05) is 29.5 Å². The Labute approximate surface area is 128 Å². The summed E-state index contributed by atoms with van der Waals surface area (Å²) in [6.07, 6.45) is 0. The maximum Gasteiger partial charge on any atom is 0.239 e. The number of halogens is 1. The third kappa shape index (κ3) is 2.62. The first-order chi connectivity index (χ1) is 10.5. The van der Waals surface area contributed by atoms with Crippen molar-refractivity contribution in [2.45, 2.75) is 25.9 Å². The van der Waals surface area contributed by atoms with Crippen molar-refractivity contribution in [1.29, 1.82) is 0 Å². The highest BCUT2D eigenvalue weighted by Crippen LogP contribution is 2.31. The molecule has 116 valence electrons. The first-order valence-electron chi connectivity index (χ1n) is 7.27. The summed E-state index contributed by atoms with van der Waals surface area (Å²) in [4.78, 5) is 13.8. The molecular formula is C16H19FN4O. The zero-order valence-electron chi connectivity index (χ0n) is 12.7. The highest BCUT2D eigenvalue weighted by atomic mass is 19.1. The van der Waals surface area contributed by atoms with Gasteiger partial charge in [0.25, 0.3) is 0 Å². The Bertz CT molecular complexity index is 689. The predicted octanol–water partition coefficient (Wildman–Crippen LogP) is 1.72. The van der Waals surface area contributed by atoms with E-state index in [9.17, 15) is 9.18 Å². The van der Waals surface area contributed by atoms with Gasteiger partial charge in [-0.15, -0.1) is 0 Å². The summed E-state index contributed by atoms with van der Waals surface area (Å²) >= 11 is 0. The van der Waals surface area contributed by atoms with Gasteiger partial charge < -0.3 is 5.73 Å². The van der Waals surface area contributed by atoms with Crippen LogP contribution in [0.3, 0.4) is 0 Å². The standard InChI is InChI=1S/C16H19FN4O/c1-10-7-11(2)21(19-10)14-8-20(9-14)15(16(18)22)12-3-5-13(17)6-4-12/h3-7,14-15H,8-9H2,1-2H3,(H2,18,22). The maximum atomic E-state index is 13.0. The molecule has 0 spiro atoms. The summed E-state index contributed by atoms with van der Waals surface area (Å²) in [5.41, 5.74) is 8.36. The lowest BCUT2D eigenvalue weighted by Gasteiger charge is -2.43. The molecule has 1 saturated heterocycles. The quantitative estimate of drug-likeness (QED) is 0.935. The lowest BCUT2D eigenvalue weighted by Crippen LogP contribution is -2.52. The van der Waals surface area contributed by atoms with Crippen LogP contribution in [0.15, 0.2) is 30.3 Å². The van der Waals surface area contributed by atoms with Gasteiger partial charge in [-0.2, -0.15) is 5.10 Å². The van der Waals surface area contributed by atoms with Crippen molar-refractivity contribution < 1.29 is 9.18 Å². The Morgan fingerprint density at radius 2 is 1.95 bits per heavy atom. The van der Waals surface area contributed by atoms with Crippen LogP contribution in [-0.2, 0) is 4.79 Å². The van der Waals surface area contributed by atoms with Crippen molar-refractivity contribution in [3.05, 3.63) is 53.1 Å². The molecule has 2 heterocycles. The molecular weight excluding hydrogens is 283 g/mol. The van der Waals surface area contributed by atoms with Gasteiger partial charge >= 0.3 is 0 Å². The Balaban J connectivity index is 1.75. The lowest BCUT2D eigenvalue weighted by molar-refractivity contribution is -0.126. The largest absolute Gasteiger partial charge is 0.368 e. The number of likely N-dealkylation sites (tertiary alicyclic amines) is 1. The number of carbonyl (C=O) groups excluding carboxylic acids is 1. The summed E-state index contributed by atoms with van der Waals surface area (Å²) in [6, 6.07) is 7.69. The van der Waals surface area contributed by atoms with Gasteiger partial charge in [-0.05, 0) is 37.6 Å². The van der Waals surface area contributed by atoms with Crippen LogP contribution >= 0.6 is 0 Å². The van der Waals surface area contributed by atoms with E-state index < -0.39 is 11.9 Å². The van der Waals surface area contributed by atoms with Gasteiger partial charge in [-0.3, -0.25) is 14.4 Å². The van der Waals surface area contributed by atoms with E-state index in [0.717, 1.165) is 17.0 Å². The third-order valence-corrected chi connectivity index (χ3v) is 4.10. The monoisotopic (exact) mass is 302 g/mol. The van der Waals surface area contributed by atoms with Crippen molar-refractivity contribution in [3.63, 3.8) is 0 Å². The zero-order chi connectivity index (χ0) is 15.9. The topological polar surface area (TPSA) is 64.2 Å². The van der Waals surface area contributed by atoms with Gasteiger partial charge in [0.2, 0.25) is 5.91 Å². The second-order valence-electron chi connectivity index (χ2n) is 5.84. The normalized spacial score (nSPS) is 17.2. The minimum Gasteiger partial charge on any atom is -0.368 e. The Morgan fingerprint density at radius 3 is 2.45 bits per heavy atom. The smallest absolute Gasteiger partial charge is 0.239 e. The van der Waals surface area contributed by atoms with E-state index in [4.69, 9.17) is 5.73 Å². The number of rotatable bonds is 4. The second-order valence-corrected chi connectivity index (χ2v) is 5.84. The molecule has 5 nitrogen and oxygen atoms in total.